The molecule has 2 rings (SSSR count). The molecule has 0 bridgehead atoms. The summed E-state index contributed by atoms with van der Waals surface area (Å²) in [5, 5.41) is 3.67. The molecule has 1 aromatic rings. The van der Waals surface area contributed by atoms with Gasteiger partial charge in [0.1, 0.15) is 0 Å². The van der Waals surface area contributed by atoms with E-state index in [-0.39, 0.29) is 0 Å². The van der Waals surface area contributed by atoms with Gasteiger partial charge < -0.3 is 10.2 Å². The highest BCUT2D eigenvalue weighted by Crippen LogP contribution is 2.14. The van der Waals surface area contributed by atoms with Gasteiger partial charge in [-0.2, -0.15) is 0 Å². The summed E-state index contributed by atoms with van der Waals surface area (Å²) in [6.45, 7) is 8.02. The molecule has 1 N–H and O–H groups in total. The Hall–Kier alpha value is -0.380. The van der Waals surface area contributed by atoms with Gasteiger partial charge in [0.2, 0.25) is 0 Å². The van der Waals surface area contributed by atoms with Crippen LogP contribution in [-0.4, -0.2) is 30.1 Å². The van der Waals surface area contributed by atoms with E-state index < -0.39 is 0 Å². The molecule has 1 heterocycles. The summed E-state index contributed by atoms with van der Waals surface area (Å²) in [6.07, 6.45) is 2.55. The third kappa shape index (κ3) is 4.08. The van der Waals surface area contributed by atoms with Gasteiger partial charge in [0.15, 0.2) is 0 Å². The lowest BCUT2D eigenvalue weighted by Gasteiger charge is -2.35. The quantitative estimate of drug-likeness (QED) is 0.917. The van der Waals surface area contributed by atoms with E-state index >= 15 is 0 Å². The molecule has 0 atom stereocenters. The number of hydrogen-bond donors (Lipinski definition) is 1. The van der Waals surface area contributed by atoms with Gasteiger partial charge in [-0.1, -0.05) is 28.1 Å². The third-order valence-corrected chi connectivity index (χ3v) is 4.30. The van der Waals surface area contributed by atoms with E-state index in [4.69, 9.17) is 0 Å². The number of halogens is 1. The lowest BCUT2D eigenvalue weighted by atomic mass is 10.0. The highest BCUT2D eigenvalue weighted by atomic mass is 79.9. The Labute approximate surface area is 119 Å². The molecule has 18 heavy (non-hydrogen) atoms. The van der Waals surface area contributed by atoms with Gasteiger partial charge in [0.25, 0.3) is 0 Å². The summed E-state index contributed by atoms with van der Waals surface area (Å²) in [5.74, 6) is 0. The molecule has 0 aliphatic carbocycles. The number of benzene rings is 1. The van der Waals surface area contributed by atoms with Crippen molar-refractivity contribution in [1.29, 1.82) is 0 Å². The molecular weight excluding hydrogens is 288 g/mol. The Kier molecular flexibility index (Phi) is 5.22. The average molecular weight is 311 g/mol. The van der Waals surface area contributed by atoms with Crippen molar-refractivity contribution in [1.82, 2.24) is 10.2 Å². The van der Waals surface area contributed by atoms with Gasteiger partial charge in [0.05, 0.1) is 0 Å². The molecule has 1 aromatic carbocycles. The van der Waals surface area contributed by atoms with Crippen LogP contribution in [0.1, 0.15) is 32.3 Å². The standard InChI is InChI=1S/C15H23BrN2/c1-12(2)18-9-7-15(8-10-18)17-11-13-3-5-14(16)6-4-13/h3-6,12,15,17H,7-11H2,1-2H3. The molecule has 3 heteroatoms. The van der Waals surface area contributed by atoms with Crippen molar-refractivity contribution < 1.29 is 0 Å². The predicted octanol–water partition coefficient (Wildman–Crippen LogP) is 3.41. The molecule has 0 amide bonds. The molecule has 1 saturated heterocycles. The fraction of sp³-hybridized carbons (Fsp3) is 0.600. The van der Waals surface area contributed by atoms with Gasteiger partial charge in [-0.25, -0.2) is 0 Å². The van der Waals surface area contributed by atoms with Gasteiger partial charge in [-0.3, -0.25) is 0 Å². The van der Waals surface area contributed by atoms with Crippen LogP contribution >= 0.6 is 15.9 Å². The first-order valence-electron chi connectivity index (χ1n) is 6.87. The Bertz CT molecular complexity index is 353. The van der Waals surface area contributed by atoms with Crippen molar-refractivity contribution in [3.05, 3.63) is 34.3 Å². The topological polar surface area (TPSA) is 15.3 Å². The number of rotatable bonds is 4. The maximum Gasteiger partial charge on any atom is 0.0208 e. The van der Waals surface area contributed by atoms with E-state index in [2.05, 4.69) is 64.3 Å². The molecule has 0 radical (unpaired) electrons. The minimum Gasteiger partial charge on any atom is -0.310 e. The van der Waals surface area contributed by atoms with E-state index in [1.165, 1.54) is 31.5 Å². The molecule has 1 aliphatic heterocycles. The van der Waals surface area contributed by atoms with Crippen LogP contribution in [0.25, 0.3) is 0 Å². The first-order valence-corrected chi connectivity index (χ1v) is 7.66. The molecule has 2 nitrogen and oxygen atoms in total. The van der Waals surface area contributed by atoms with Crippen molar-refractivity contribution in [2.45, 2.75) is 45.3 Å². The fourth-order valence-corrected chi connectivity index (χ4v) is 2.75. The summed E-state index contributed by atoms with van der Waals surface area (Å²) in [5.41, 5.74) is 1.37. The summed E-state index contributed by atoms with van der Waals surface area (Å²) in [7, 11) is 0. The molecule has 0 aromatic heterocycles. The molecule has 1 fully saturated rings. The van der Waals surface area contributed by atoms with E-state index in [9.17, 15) is 0 Å². The number of likely N-dealkylation sites (tertiary alicyclic amines) is 1. The molecule has 100 valence electrons. The molecular formula is C15H23BrN2. The maximum atomic E-state index is 3.67. The second-order valence-corrected chi connectivity index (χ2v) is 6.33. The molecule has 1 aliphatic rings. The minimum absolute atomic E-state index is 0.684. The van der Waals surface area contributed by atoms with E-state index in [0.29, 0.717) is 12.1 Å². The molecule has 0 spiro atoms. The van der Waals surface area contributed by atoms with Gasteiger partial charge >= 0.3 is 0 Å². The minimum atomic E-state index is 0.684. The van der Waals surface area contributed by atoms with Crippen LogP contribution in [0.5, 0.6) is 0 Å². The summed E-state index contributed by atoms with van der Waals surface area (Å²) in [6, 6.07) is 9.96. The zero-order valence-corrected chi connectivity index (χ0v) is 12.9. The lowest BCUT2D eigenvalue weighted by Crippen LogP contribution is -2.44. The highest BCUT2D eigenvalue weighted by molar-refractivity contribution is 9.10. The summed E-state index contributed by atoms with van der Waals surface area (Å²) in [4.78, 5) is 2.57. The predicted molar refractivity (Wildman–Crippen MR) is 80.7 cm³/mol. The van der Waals surface area contributed by atoms with Gasteiger partial charge in [0, 0.05) is 23.1 Å². The fourth-order valence-electron chi connectivity index (χ4n) is 2.48. The van der Waals surface area contributed by atoms with Crippen molar-refractivity contribution in [2.75, 3.05) is 13.1 Å². The van der Waals surface area contributed by atoms with Crippen LogP contribution in [0.2, 0.25) is 0 Å². The van der Waals surface area contributed by atoms with Gasteiger partial charge in [-0.05, 0) is 57.5 Å². The van der Waals surface area contributed by atoms with E-state index in [1.807, 2.05) is 0 Å². The normalized spacial score (nSPS) is 18.4. The van der Waals surface area contributed by atoms with Crippen molar-refractivity contribution in [3.63, 3.8) is 0 Å². The Balaban J connectivity index is 1.74. The van der Waals surface area contributed by atoms with Crippen molar-refractivity contribution in [2.24, 2.45) is 0 Å². The Morgan fingerprint density at radius 3 is 2.39 bits per heavy atom. The average Bonchev–Trinajstić information content (AvgIpc) is 2.38. The Morgan fingerprint density at radius 2 is 1.83 bits per heavy atom. The van der Waals surface area contributed by atoms with Crippen LogP contribution in [0.3, 0.4) is 0 Å². The smallest absolute Gasteiger partial charge is 0.0208 e. The second kappa shape index (κ2) is 6.69. The van der Waals surface area contributed by atoms with Gasteiger partial charge in [-0.15, -0.1) is 0 Å². The second-order valence-electron chi connectivity index (χ2n) is 5.41. The SMILES string of the molecule is CC(C)N1CCC(NCc2ccc(Br)cc2)CC1. The third-order valence-electron chi connectivity index (χ3n) is 3.77. The first kappa shape index (κ1) is 14.0. The zero-order valence-electron chi connectivity index (χ0n) is 11.3. The first-order chi connectivity index (χ1) is 8.65. The van der Waals surface area contributed by atoms with Crippen molar-refractivity contribution in [3.8, 4) is 0 Å². The molecule has 0 saturated carbocycles. The number of nitrogens with zero attached hydrogens (tertiary/aromatic N) is 1. The summed E-state index contributed by atoms with van der Waals surface area (Å²) >= 11 is 3.47. The number of nitrogens with one attached hydrogen (secondary N) is 1. The monoisotopic (exact) mass is 310 g/mol. The zero-order chi connectivity index (χ0) is 13.0. The van der Waals surface area contributed by atoms with Crippen LogP contribution in [-0.2, 0) is 6.54 Å². The number of piperidine rings is 1. The largest absolute Gasteiger partial charge is 0.310 e. The van der Waals surface area contributed by atoms with Crippen LogP contribution in [0.15, 0.2) is 28.7 Å². The van der Waals surface area contributed by atoms with Crippen LogP contribution < -0.4 is 5.32 Å². The maximum absolute atomic E-state index is 3.67. The van der Waals surface area contributed by atoms with Crippen LogP contribution in [0.4, 0.5) is 0 Å². The van der Waals surface area contributed by atoms with Crippen LogP contribution in [0, 0.1) is 0 Å². The van der Waals surface area contributed by atoms with E-state index in [1.54, 1.807) is 0 Å². The van der Waals surface area contributed by atoms with E-state index in [0.717, 1.165) is 11.0 Å². The Morgan fingerprint density at radius 1 is 1.22 bits per heavy atom. The number of hydrogen-bond acceptors (Lipinski definition) is 2. The molecule has 0 unspecified atom stereocenters. The summed E-state index contributed by atoms with van der Waals surface area (Å²) < 4.78 is 1.15. The highest BCUT2D eigenvalue weighted by Gasteiger charge is 2.19. The lowest BCUT2D eigenvalue weighted by molar-refractivity contribution is 0.161. The van der Waals surface area contributed by atoms with Crippen molar-refractivity contribution >= 4 is 15.9 Å².